The van der Waals surface area contributed by atoms with Gasteiger partial charge in [0.1, 0.15) is 5.54 Å². The van der Waals surface area contributed by atoms with Crippen LogP contribution in [0.1, 0.15) is 26.2 Å². The highest BCUT2D eigenvalue weighted by atomic mass is 32.2. The van der Waals surface area contributed by atoms with Crippen molar-refractivity contribution in [3.63, 3.8) is 0 Å². The van der Waals surface area contributed by atoms with E-state index in [1.807, 2.05) is 0 Å². The van der Waals surface area contributed by atoms with E-state index in [9.17, 15) is 14.9 Å². The Labute approximate surface area is 128 Å². The molecule has 0 amide bonds. The number of ether oxygens (including phenoxy) is 1. The van der Waals surface area contributed by atoms with Gasteiger partial charge in [-0.05, 0) is 37.7 Å². The van der Waals surface area contributed by atoms with E-state index in [0.717, 1.165) is 23.5 Å². The van der Waals surface area contributed by atoms with Crippen molar-refractivity contribution in [2.75, 3.05) is 12.9 Å². The highest BCUT2D eigenvalue weighted by molar-refractivity contribution is 7.99. The molecule has 0 saturated heterocycles. The lowest BCUT2D eigenvalue weighted by Gasteiger charge is -2.20. The number of nitrogens with zero attached hydrogens (tertiary/aromatic N) is 1. The third kappa shape index (κ3) is 5.73. The summed E-state index contributed by atoms with van der Waals surface area (Å²) in [5.41, 5.74) is 5.02. The fraction of sp³-hybridized carbons (Fsp3) is 0.500. The summed E-state index contributed by atoms with van der Waals surface area (Å²) < 4.78 is 4.65. The van der Waals surface area contributed by atoms with Crippen LogP contribution in [-0.2, 0) is 9.53 Å². The predicted molar refractivity (Wildman–Crippen MR) is 82.3 cm³/mol. The summed E-state index contributed by atoms with van der Waals surface area (Å²) >= 11 is 1.63. The topological polar surface area (TPSA) is 95.5 Å². The van der Waals surface area contributed by atoms with Gasteiger partial charge in [-0.15, -0.1) is 11.8 Å². The number of thioether (sulfide) groups is 1. The van der Waals surface area contributed by atoms with Crippen molar-refractivity contribution in [3.8, 4) is 0 Å². The highest BCUT2D eigenvalue weighted by Gasteiger charge is 2.28. The summed E-state index contributed by atoms with van der Waals surface area (Å²) in [6.45, 7) is 1.67. The molecule has 1 unspecified atom stereocenters. The first-order valence-electron chi connectivity index (χ1n) is 6.61. The lowest BCUT2D eigenvalue weighted by molar-refractivity contribution is -0.384. The molecule has 0 aliphatic heterocycles. The zero-order chi connectivity index (χ0) is 15.9. The lowest BCUT2D eigenvalue weighted by atomic mass is 9.97. The summed E-state index contributed by atoms with van der Waals surface area (Å²) in [4.78, 5) is 22.5. The number of nitrogens with two attached hydrogens (primary N) is 1. The predicted octanol–water partition coefficient (Wildman–Crippen LogP) is 2.75. The van der Waals surface area contributed by atoms with Crippen LogP contribution < -0.4 is 5.73 Å². The largest absolute Gasteiger partial charge is 0.468 e. The Bertz CT molecular complexity index is 488. The molecule has 21 heavy (non-hydrogen) atoms. The standard InChI is InChI=1S/C14H20N2O4S/c1-14(15,13(17)20-2)9-3-4-10-21-12-7-5-11(6-8-12)16(18)19/h5-8H,3-4,9-10,15H2,1-2H3. The second-order valence-electron chi connectivity index (χ2n) is 4.97. The highest BCUT2D eigenvalue weighted by Crippen LogP contribution is 2.23. The number of carbonyl (C=O) groups is 1. The summed E-state index contributed by atoms with van der Waals surface area (Å²) in [6, 6.07) is 6.47. The second-order valence-corrected chi connectivity index (χ2v) is 6.13. The van der Waals surface area contributed by atoms with E-state index in [0.29, 0.717) is 6.42 Å². The first-order valence-corrected chi connectivity index (χ1v) is 7.60. The summed E-state index contributed by atoms with van der Waals surface area (Å²) in [5, 5.41) is 10.5. The molecule has 1 rings (SSSR count). The molecule has 0 aliphatic rings. The van der Waals surface area contributed by atoms with Crippen LogP contribution in [0.2, 0.25) is 0 Å². The Morgan fingerprint density at radius 1 is 1.38 bits per heavy atom. The minimum absolute atomic E-state index is 0.0938. The van der Waals surface area contributed by atoms with Crippen LogP contribution in [0.5, 0.6) is 0 Å². The molecule has 0 aromatic heterocycles. The average molecular weight is 312 g/mol. The Morgan fingerprint density at radius 2 is 2.00 bits per heavy atom. The molecule has 0 radical (unpaired) electrons. The number of hydrogen-bond acceptors (Lipinski definition) is 6. The normalized spacial score (nSPS) is 13.5. The van der Waals surface area contributed by atoms with Crippen molar-refractivity contribution >= 4 is 23.4 Å². The molecule has 6 nitrogen and oxygen atoms in total. The molecule has 116 valence electrons. The summed E-state index contributed by atoms with van der Waals surface area (Å²) in [7, 11) is 1.33. The van der Waals surface area contributed by atoms with Gasteiger partial charge in [0.15, 0.2) is 0 Å². The van der Waals surface area contributed by atoms with Crippen LogP contribution in [0.3, 0.4) is 0 Å². The van der Waals surface area contributed by atoms with Crippen LogP contribution in [0.15, 0.2) is 29.2 Å². The fourth-order valence-electron chi connectivity index (χ4n) is 1.78. The van der Waals surface area contributed by atoms with Crippen LogP contribution in [0, 0.1) is 10.1 Å². The van der Waals surface area contributed by atoms with Crippen LogP contribution in [0.25, 0.3) is 0 Å². The van der Waals surface area contributed by atoms with Crippen LogP contribution >= 0.6 is 11.8 Å². The van der Waals surface area contributed by atoms with Gasteiger partial charge in [0.25, 0.3) is 5.69 Å². The third-order valence-corrected chi connectivity index (χ3v) is 4.16. The van der Waals surface area contributed by atoms with Crippen molar-refractivity contribution in [1.82, 2.24) is 0 Å². The number of carbonyl (C=O) groups excluding carboxylic acids is 1. The first kappa shape index (κ1) is 17.5. The molecule has 0 fully saturated rings. The van der Waals surface area contributed by atoms with E-state index in [1.165, 1.54) is 19.2 Å². The Kier molecular flexibility index (Phi) is 6.64. The van der Waals surface area contributed by atoms with Gasteiger partial charge in [-0.1, -0.05) is 6.42 Å². The number of nitro groups is 1. The third-order valence-electron chi connectivity index (χ3n) is 3.06. The summed E-state index contributed by atoms with van der Waals surface area (Å²) in [6.07, 6.45) is 2.30. The number of non-ortho nitro benzene ring substituents is 1. The maximum Gasteiger partial charge on any atom is 0.325 e. The van der Waals surface area contributed by atoms with E-state index in [1.54, 1.807) is 30.8 Å². The maximum atomic E-state index is 11.4. The van der Waals surface area contributed by atoms with Crippen molar-refractivity contribution in [1.29, 1.82) is 0 Å². The molecule has 0 bridgehead atoms. The van der Waals surface area contributed by atoms with E-state index < -0.39 is 16.4 Å². The molecule has 7 heteroatoms. The van der Waals surface area contributed by atoms with Gasteiger partial charge in [-0.25, -0.2) is 0 Å². The van der Waals surface area contributed by atoms with Gasteiger partial charge in [-0.3, -0.25) is 14.9 Å². The smallest absolute Gasteiger partial charge is 0.325 e. The van der Waals surface area contributed by atoms with Gasteiger partial charge >= 0.3 is 5.97 Å². The monoisotopic (exact) mass is 312 g/mol. The lowest BCUT2D eigenvalue weighted by Crippen LogP contribution is -2.45. The number of unbranched alkanes of at least 4 members (excludes halogenated alkanes) is 1. The van der Waals surface area contributed by atoms with Crippen LogP contribution in [-0.4, -0.2) is 29.3 Å². The zero-order valence-electron chi connectivity index (χ0n) is 12.2. The fourth-order valence-corrected chi connectivity index (χ4v) is 2.70. The molecule has 1 aromatic carbocycles. The number of esters is 1. The molecule has 0 spiro atoms. The number of benzene rings is 1. The average Bonchev–Trinajstić information content (AvgIpc) is 2.46. The molecular weight excluding hydrogens is 292 g/mol. The number of nitro benzene ring substituents is 1. The minimum atomic E-state index is -0.938. The number of hydrogen-bond donors (Lipinski definition) is 1. The quantitative estimate of drug-likeness (QED) is 0.261. The molecule has 0 heterocycles. The van der Waals surface area contributed by atoms with Gasteiger partial charge in [0, 0.05) is 17.0 Å². The molecular formula is C14H20N2O4S. The van der Waals surface area contributed by atoms with E-state index in [-0.39, 0.29) is 5.69 Å². The number of methoxy groups -OCH3 is 1. The van der Waals surface area contributed by atoms with Gasteiger partial charge < -0.3 is 10.5 Å². The van der Waals surface area contributed by atoms with E-state index >= 15 is 0 Å². The van der Waals surface area contributed by atoms with E-state index in [4.69, 9.17) is 5.73 Å². The van der Waals surface area contributed by atoms with Crippen LogP contribution in [0.4, 0.5) is 5.69 Å². The van der Waals surface area contributed by atoms with E-state index in [2.05, 4.69) is 4.74 Å². The first-order chi connectivity index (χ1) is 9.86. The Balaban J connectivity index is 2.28. The van der Waals surface area contributed by atoms with Crippen molar-refractivity contribution in [3.05, 3.63) is 34.4 Å². The molecule has 1 aromatic rings. The SMILES string of the molecule is COC(=O)C(C)(N)CCCCSc1ccc([N+](=O)[O-])cc1. The zero-order valence-corrected chi connectivity index (χ0v) is 13.0. The van der Waals surface area contributed by atoms with Crippen molar-refractivity contribution in [2.24, 2.45) is 5.73 Å². The maximum absolute atomic E-state index is 11.4. The van der Waals surface area contributed by atoms with Gasteiger partial charge in [0.05, 0.1) is 12.0 Å². The number of rotatable bonds is 8. The Hall–Kier alpha value is -1.60. The van der Waals surface area contributed by atoms with Gasteiger partial charge in [0.2, 0.25) is 0 Å². The van der Waals surface area contributed by atoms with Crippen molar-refractivity contribution in [2.45, 2.75) is 36.6 Å². The van der Waals surface area contributed by atoms with Gasteiger partial charge in [-0.2, -0.15) is 0 Å². The summed E-state index contributed by atoms with van der Waals surface area (Å²) in [5.74, 6) is 0.472. The second kappa shape index (κ2) is 7.99. The van der Waals surface area contributed by atoms with Crippen molar-refractivity contribution < 1.29 is 14.5 Å². The Morgan fingerprint density at radius 3 is 2.52 bits per heavy atom. The minimum Gasteiger partial charge on any atom is -0.468 e. The molecule has 0 saturated carbocycles. The molecule has 1 atom stereocenters. The molecule has 2 N–H and O–H groups in total. The molecule has 0 aliphatic carbocycles.